The quantitative estimate of drug-likeness (QED) is 0.614. The summed E-state index contributed by atoms with van der Waals surface area (Å²) in [6, 6.07) is 6.30. The molecular weight excluding hydrogens is 210 g/mol. The molecule has 17 heavy (non-hydrogen) atoms. The number of rotatable bonds is 2. The van der Waals surface area contributed by atoms with Crippen LogP contribution in [-0.4, -0.2) is 4.98 Å². The standard InChI is InChI=1S/C14H19N3/c1-8(2)11-7-13(17-15)14-10(4)5-9(3)6-12(14)16-11/h5-8H,15H2,1-4H3,(H,16,17). The molecule has 3 nitrogen and oxygen atoms in total. The fourth-order valence-corrected chi connectivity index (χ4v) is 2.18. The van der Waals surface area contributed by atoms with Crippen LogP contribution in [0.5, 0.6) is 0 Å². The smallest absolute Gasteiger partial charge is 0.0732 e. The molecule has 0 aliphatic carbocycles. The molecule has 1 heterocycles. The Bertz CT molecular complexity index is 559. The van der Waals surface area contributed by atoms with E-state index in [4.69, 9.17) is 10.8 Å². The van der Waals surface area contributed by atoms with Crippen molar-refractivity contribution in [3.63, 3.8) is 0 Å². The molecule has 0 amide bonds. The largest absolute Gasteiger partial charge is 0.323 e. The van der Waals surface area contributed by atoms with E-state index in [0.717, 1.165) is 22.3 Å². The number of nitrogens with zero attached hydrogens (tertiary/aromatic N) is 1. The molecule has 1 aromatic heterocycles. The van der Waals surface area contributed by atoms with E-state index in [-0.39, 0.29) is 0 Å². The molecule has 90 valence electrons. The van der Waals surface area contributed by atoms with Gasteiger partial charge in [-0.2, -0.15) is 0 Å². The van der Waals surface area contributed by atoms with Crippen molar-refractivity contribution in [1.82, 2.24) is 4.98 Å². The Labute approximate surface area is 102 Å². The molecule has 0 unspecified atom stereocenters. The number of anilines is 1. The lowest BCUT2D eigenvalue weighted by atomic mass is 10.0. The minimum absolute atomic E-state index is 0.396. The summed E-state index contributed by atoms with van der Waals surface area (Å²) in [5.41, 5.74) is 8.25. The molecule has 0 radical (unpaired) electrons. The van der Waals surface area contributed by atoms with E-state index in [1.165, 1.54) is 11.1 Å². The summed E-state index contributed by atoms with van der Waals surface area (Å²) >= 11 is 0. The molecule has 3 N–H and O–H groups in total. The highest BCUT2D eigenvalue weighted by Crippen LogP contribution is 2.29. The highest BCUT2D eigenvalue weighted by Gasteiger charge is 2.10. The number of pyridine rings is 1. The average molecular weight is 229 g/mol. The molecule has 0 aliphatic rings. The average Bonchev–Trinajstić information content (AvgIpc) is 2.26. The zero-order chi connectivity index (χ0) is 12.6. The van der Waals surface area contributed by atoms with Crippen LogP contribution in [0.15, 0.2) is 18.2 Å². The number of hydrazine groups is 1. The van der Waals surface area contributed by atoms with Gasteiger partial charge in [-0.15, -0.1) is 0 Å². The van der Waals surface area contributed by atoms with Crippen molar-refractivity contribution in [3.05, 3.63) is 35.0 Å². The Morgan fingerprint density at radius 2 is 1.88 bits per heavy atom. The number of benzene rings is 1. The Morgan fingerprint density at radius 3 is 2.47 bits per heavy atom. The first-order chi connectivity index (χ1) is 8.02. The van der Waals surface area contributed by atoms with E-state index in [1.807, 2.05) is 6.07 Å². The second-order valence-corrected chi connectivity index (χ2v) is 4.87. The molecule has 3 heteroatoms. The minimum atomic E-state index is 0.396. The van der Waals surface area contributed by atoms with E-state index < -0.39 is 0 Å². The number of nitrogens with two attached hydrogens (primary N) is 1. The number of hydrogen-bond acceptors (Lipinski definition) is 3. The highest BCUT2D eigenvalue weighted by molar-refractivity contribution is 5.94. The molecular formula is C14H19N3. The summed E-state index contributed by atoms with van der Waals surface area (Å²) in [6.45, 7) is 8.45. The fourth-order valence-electron chi connectivity index (χ4n) is 2.18. The molecule has 0 aliphatic heterocycles. The predicted molar refractivity (Wildman–Crippen MR) is 73.1 cm³/mol. The first kappa shape index (κ1) is 11.9. The maximum atomic E-state index is 5.61. The summed E-state index contributed by atoms with van der Waals surface area (Å²) < 4.78 is 0. The van der Waals surface area contributed by atoms with Gasteiger partial charge in [-0.05, 0) is 43.0 Å². The summed E-state index contributed by atoms with van der Waals surface area (Å²) in [4.78, 5) is 4.71. The second kappa shape index (κ2) is 4.34. The van der Waals surface area contributed by atoms with E-state index in [9.17, 15) is 0 Å². The first-order valence-corrected chi connectivity index (χ1v) is 5.91. The summed E-state index contributed by atoms with van der Waals surface area (Å²) in [6.07, 6.45) is 0. The van der Waals surface area contributed by atoms with Gasteiger partial charge < -0.3 is 5.43 Å². The second-order valence-electron chi connectivity index (χ2n) is 4.87. The van der Waals surface area contributed by atoms with Gasteiger partial charge in [0.1, 0.15) is 0 Å². The molecule has 0 spiro atoms. The monoisotopic (exact) mass is 229 g/mol. The van der Waals surface area contributed by atoms with Crippen LogP contribution < -0.4 is 11.3 Å². The lowest BCUT2D eigenvalue weighted by Crippen LogP contribution is -2.09. The van der Waals surface area contributed by atoms with Gasteiger partial charge in [-0.25, -0.2) is 0 Å². The molecule has 2 rings (SSSR count). The molecule has 0 atom stereocenters. The van der Waals surface area contributed by atoms with Gasteiger partial charge >= 0.3 is 0 Å². The van der Waals surface area contributed by atoms with Crippen LogP contribution in [0.1, 0.15) is 36.6 Å². The highest BCUT2D eigenvalue weighted by atomic mass is 15.2. The van der Waals surface area contributed by atoms with Crippen molar-refractivity contribution in [3.8, 4) is 0 Å². The van der Waals surface area contributed by atoms with Crippen molar-refractivity contribution in [2.24, 2.45) is 5.84 Å². The number of hydrogen-bond donors (Lipinski definition) is 2. The zero-order valence-electron chi connectivity index (χ0n) is 10.8. The van der Waals surface area contributed by atoms with Gasteiger partial charge in [-0.1, -0.05) is 19.9 Å². The number of fused-ring (bicyclic) bond motifs is 1. The SMILES string of the molecule is Cc1cc(C)c2c(NN)cc(C(C)C)nc2c1. The van der Waals surface area contributed by atoms with Gasteiger partial charge in [0.05, 0.1) is 11.2 Å². The Morgan fingerprint density at radius 1 is 1.18 bits per heavy atom. The molecule has 2 aromatic rings. The van der Waals surface area contributed by atoms with Crippen molar-refractivity contribution >= 4 is 16.6 Å². The first-order valence-electron chi connectivity index (χ1n) is 5.91. The van der Waals surface area contributed by atoms with Crippen molar-refractivity contribution in [2.45, 2.75) is 33.6 Å². The lowest BCUT2D eigenvalue weighted by molar-refractivity contribution is 0.830. The van der Waals surface area contributed by atoms with E-state index in [2.05, 4.69) is 45.3 Å². The van der Waals surface area contributed by atoms with E-state index >= 15 is 0 Å². The van der Waals surface area contributed by atoms with Crippen LogP contribution in [0.25, 0.3) is 10.9 Å². The predicted octanol–water partition coefficient (Wildman–Crippen LogP) is 3.26. The van der Waals surface area contributed by atoms with Gasteiger partial charge in [0.25, 0.3) is 0 Å². The van der Waals surface area contributed by atoms with Gasteiger partial charge in [0.2, 0.25) is 0 Å². The van der Waals surface area contributed by atoms with Gasteiger partial charge in [0.15, 0.2) is 0 Å². The topological polar surface area (TPSA) is 50.9 Å². The third-order valence-electron chi connectivity index (χ3n) is 3.02. The zero-order valence-corrected chi connectivity index (χ0v) is 10.8. The van der Waals surface area contributed by atoms with Crippen LogP contribution in [-0.2, 0) is 0 Å². The molecule has 1 aromatic carbocycles. The van der Waals surface area contributed by atoms with Crippen LogP contribution in [0.3, 0.4) is 0 Å². The Balaban J connectivity index is 2.82. The Kier molecular flexibility index (Phi) is 3.03. The van der Waals surface area contributed by atoms with Crippen LogP contribution >= 0.6 is 0 Å². The third kappa shape index (κ3) is 2.11. The van der Waals surface area contributed by atoms with Crippen LogP contribution in [0.2, 0.25) is 0 Å². The third-order valence-corrected chi connectivity index (χ3v) is 3.02. The van der Waals surface area contributed by atoms with E-state index in [1.54, 1.807) is 0 Å². The minimum Gasteiger partial charge on any atom is -0.323 e. The fraction of sp³-hybridized carbons (Fsp3) is 0.357. The maximum Gasteiger partial charge on any atom is 0.0732 e. The number of nitrogen functional groups attached to an aromatic ring is 1. The van der Waals surface area contributed by atoms with Crippen molar-refractivity contribution < 1.29 is 0 Å². The number of nitrogens with one attached hydrogen (secondary N) is 1. The number of aromatic nitrogens is 1. The van der Waals surface area contributed by atoms with Crippen LogP contribution in [0, 0.1) is 13.8 Å². The summed E-state index contributed by atoms with van der Waals surface area (Å²) in [5, 5.41) is 1.11. The lowest BCUT2D eigenvalue weighted by Gasteiger charge is -2.13. The van der Waals surface area contributed by atoms with Gasteiger partial charge in [-0.3, -0.25) is 10.8 Å². The summed E-state index contributed by atoms with van der Waals surface area (Å²) in [5.74, 6) is 6.01. The van der Waals surface area contributed by atoms with Gasteiger partial charge in [0, 0.05) is 11.1 Å². The maximum absolute atomic E-state index is 5.61. The molecule has 0 saturated carbocycles. The van der Waals surface area contributed by atoms with Crippen LogP contribution in [0.4, 0.5) is 5.69 Å². The molecule has 0 saturated heterocycles. The number of aryl methyl sites for hydroxylation is 2. The normalized spacial score (nSPS) is 11.2. The Hall–Kier alpha value is -1.61. The molecule has 0 bridgehead atoms. The van der Waals surface area contributed by atoms with Crippen molar-refractivity contribution in [1.29, 1.82) is 0 Å². The summed E-state index contributed by atoms with van der Waals surface area (Å²) in [7, 11) is 0. The van der Waals surface area contributed by atoms with Crippen molar-refractivity contribution in [2.75, 3.05) is 5.43 Å². The molecule has 0 fully saturated rings. The van der Waals surface area contributed by atoms with E-state index in [0.29, 0.717) is 5.92 Å².